The normalized spacial score (nSPS) is 18.7. The molecule has 2 atom stereocenters. The zero-order valence-electron chi connectivity index (χ0n) is 16.6. The molecule has 2 unspecified atom stereocenters. The van der Waals surface area contributed by atoms with E-state index in [4.69, 9.17) is 0 Å². The van der Waals surface area contributed by atoms with Crippen LogP contribution in [0.4, 0.5) is 0 Å². The maximum absolute atomic E-state index is 11.9. The summed E-state index contributed by atoms with van der Waals surface area (Å²) in [7, 11) is 1.81. The van der Waals surface area contributed by atoms with E-state index < -0.39 is 0 Å². The van der Waals surface area contributed by atoms with Gasteiger partial charge in [-0.15, -0.1) is 0 Å². The van der Waals surface area contributed by atoms with E-state index in [9.17, 15) is 4.79 Å². The molecule has 1 rings (SSSR count). The summed E-state index contributed by atoms with van der Waals surface area (Å²) in [6.45, 7) is 13.0. The second-order valence-electron chi connectivity index (χ2n) is 8.19. The number of hydrogen-bond donors (Lipinski definition) is 2. The van der Waals surface area contributed by atoms with Crippen LogP contribution in [0.3, 0.4) is 0 Å². The Labute approximate surface area is 148 Å². The van der Waals surface area contributed by atoms with Crippen molar-refractivity contribution in [3.8, 4) is 0 Å². The van der Waals surface area contributed by atoms with Crippen LogP contribution in [0.5, 0.6) is 0 Å². The zero-order valence-corrected chi connectivity index (χ0v) is 16.6. The molecule has 1 aliphatic rings. The molecule has 0 aromatic rings. The molecule has 5 nitrogen and oxygen atoms in total. The molecule has 0 spiro atoms. The maximum atomic E-state index is 11.9. The molecule has 0 aromatic heterocycles. The number of carbonyl (C=O) groups is 1. The van der Waals surface area contributed by atoms with Gasteiger partial charge in [-0.3, -0.25) is 9.79 Å². The summed E-state index contributed by atoms with van der Waals surface area (Å²) >= 11 is 0. The zero-order chi connectivity index (χ0) is 18.2. The summed E-state index contributed by atoms with van der Waals surface area (Å²) in [4.78, 5) is 18.3. The van der Waals surface area contributed by atoms with Crippen molar-refractivity contribution in [1.29, 1.82) is 0 Å². The van der Waals surface area contributed by atoms with Crippen LogP contribution in [0, 0.1) is 5.41 Å². The average Bonchev–Trinajstić information content (AvgIpc) is 2.93. The number of nitrogens with zero attached hydrogens (tertiary/aromatic N) is 2. The molecular formula is C19H38N4O. The Morgan fingerprint density at radius 3 is 2.54 bits per heavy atom. The molecule has 1 aliphatic heterocycles. The van der Waals surface area contributed by atoms with E-state index in [2.05, 4.69) is 55.1 Å². The largest absolute Gasteiger partial charge is 0.356 e. The van der Waals surface area contributed by atoms with E-state index in [1.54, 1.807) is 0 Å². The molecule has 24 heavy (non-hydrogen) atoms. The number of carbonyl (C=O) groups excluding carboxylic acids is 1. The molecule has 1 heterocycles. The lowest BCUT2D eigenvalue weighted by Gasteiger charge is -2.27. The van der Waals surface area contributed by atoms with Crippen molar-refractivity contribution >= 4 is 11.9 Å². The van der Waals surface area contributed by atoms with Crippen LogP contribution in [0.25, 0.3) is 0 Å². The molecule has 0 aliphatic carbocycles. The third-order valence-corrected chi connectivity index (χ3v) is 4.73. The predicted octanol–water partition coefficient (Wildman–Crippen LogP) is 3.16. The van der Waals surface area contributed by atoms with Gasteiger partial charge in [0, 0.05) is 38.6 Å². The van der Waals surface area contributed by atoms with Gasteiger partial charge in [-0.05, 0) is 44.4 Å². The first kappa shape index (κ1) is 20.8. The first-order valence-electron chi connectivity index (χ1n) is 9.53. The number of likely N-dealkylation sites (tertiary alicyclic amines) is 1. The van der Waals surface area contributed by atoms with E-state index in [0.717, 1.165) is 51.2 Å². The van der Waals surface area contributed by atoms with Gasteiger partial charge >= 0.3 is 0 Å². The minimum atomic E-state index is 0.320. The van der Waals surface area contributed by atoms with Gasteiger partial charge in [0.1, 0.15) is 0 Å². The number of nitrogens with one attached hydrogen (secondary N) is 2. The molecule has 140 valence electrons. The lowest BCUT2D eigenvalue weighted by Crippen LogP contribution is -2.44. The first-order chi connectivity index (χ1) is 11.3. The molecule has 5 heteroatoms. The van der Waals surface area contributed by atoms with Crippen molar-refractivity contribution in [2.24, 2.45) is 10.4 Å². The van der Waals surface area contributed by atoms with Gasteiger partial charge in [-0.2, -0.15) is 0 Å². The summed E-state index contributed by atoms with van der Waals surface area (Å²) in [5.74, 6) is 1.18. The molecule has 1 saturated heterocycles. The molecular weight excluding hydrogens is 300 g/mol. The van der Waals surface area contributed by atoms with Crippen molar-refractivity contribution in [2.75, 3.05) is 20.1 Å². The molecule has 0 radical (unpaired) electrons. The Balaban J connectivity index is 2.34. The highest BCUT2D eigenvalue weighted by Crippen LogP contribution is 2.21. The topological polar surface area (TPSA) is 56.7 Å². The Hall–Kier alpha value is -1.26. The third-order valence-electron chi connectivity index (χ3n) is 4.73. The van der Waals surface area contributed by atoms with Crippen molar-refractivity contribution < 1.29 is 4.79 Å². The smallest absolute Gasteiger partial charge is 0.222 e. The second-order valence-corrected chi connectivity index (χ2v) is 8.19. The summed E-state index contributed by atoms with van der Waals surface area (Å²) < 4.78 is 0. The first-order valence-corrected chi connectivity index (χ1v) is 9.53. The SMILES string of the molecule is CCC(CCNC(=NC)NC(C)CCC(C)(C)C)N1CCCC1=O. The number of guanidine groups is 1. The van der Waals surface area contributed by atoms with Crippen LogP contribution in [0.1, 0.15) is 73.1 Å². The summed E-state index contributed by atoms with van der Waals surface area (Å²) in [6, 6.07) is 0.751. The quantitative estimate of drug-likeness (QED) is 0.528. The fourth-order valence-corrected chi connectivity index (χ4v) is 3.14. The van der Waals surface area contributed by atoms with E-state index >= 15 is 0 Å². The van der Waals surface area contributed by atoms with Gasteiger partial charge < -0.3 is 15.5 Å². The van der Waals surface area contributed by atoms with Gasteiger partial charge in [-0.25, -0.2) is 0 Å². The second kappa shape index (κ2) is 9.90. The van der Waals surface area contributed by atoms with Crippen LogP contribution in [-0.2, 0) is 4.79 Å². The van der Waals surface area contributed by atoms with E-state index in [0.29, 0.717) is 23.4 Å². The highest BCUT2D eigenvalue weighted by molar-refractivity contribution is 5.80. The number of rotatable bonds is 8. The summed E-state index contributed by atoms with van der Waals surface area (Å²) in [5, 5.41) is 6.87. The van der Waals surface area contributed by atoms with Crippen LogP contribution >= 0.6 is 0 Å². The average molecular weight is 339 g/mol. The van der Waals surface area contributed by atoms with Crippen molar-refractivity contribution in [2.45, 2.75) is 85.2 Å². The standard InChI is InChI=1S/C19H38N4O/c1-7-16(23-14-8-9-17(23)24)11-13-21-18(20-6)22-15(2)10-12-19(3,4)5/h15-16H,7-14H2,1-6H3,(H2,20,21,22). The molecule has 0 bridgehead atoms. The monoisotopic (exact) mass is 338 g/mol. The lowest BCUT2D eigenvalue weighted by atomic mass is 9.89. The predicted molar refractivity (Wildman–Crippen MR) is 102 cm³/mol. The minimum absolute atomic E-state index is 0.320. The minimum Gasteiger partial charge on any atom is -0.356 e. The highest BCUT2D eigenvalue weighted by Gasteiger charge is 2.26. The number of hydrogen-bond acceptors (Lipinski definition) is 2. The molecule has 0 saturated carbocycles. The van der Waals surface area contributed by atoms with Crippen LogP contribution in [0.2, 0.25) is 0 Å². The number of amides is 1. The van der Waals surface area contributed by atoms with Crippen LogP contribution in [0.15, 0.2) is 4.99 Å². The van der Waals surface area contributed by atoms with Crippen molar-refractivity contribution in [3.05, 3.63) is 0 Å². The van der Waals surface area contributed by atoms with Gasteiger partial charge in [0.2, 0.25) is 5.91 Å². The summed E-state index contributed by atoms with van der Waals surface area (Å²) in [5.41, 5.74) is 0.365. The Morgan fingerprint density at radius 1 is 1.33 bits per heavy atom. The maximum Gasteiger partial charge on any atom is 0.222 e. The van der Waals surface area contributed by atoms with Crippen molar-refractivity contribution in [3.63, 3.8) is 0 Å². The molecule has 1 fully saturated rings. The van der Waals surface area contributed by atoms with E-state index in [1.807, 2.05) is 7.05 Å². The lowest BCUT2D eigenvalue weighted by molar-refractivity contribution is -0.129. The fraction of sp³-hybridized carbons (Fsp3) is 0.895. The van der Waals surface area contributed by atoms with Crippen LogP contribution in [-0.4, -0.2) is 49.0 Å². The highest BCUT2D eigenvalue weighted by atomic mass is 16.2. The Kier molecular flexibility index (Phi) is 8.57. The van der Waals surface area contributed by atoms with Gasteiger partial charge in [0.15, 0.2) is 5.96 Å². The van der Waals surface area contributed by atoms with E-state index in [1.165, 1.54) is 6.42 Å². The van der Waals surface area contributed by atoms with Gasteiger partial charge in [0.05, 0.1) is 0 Å². The van der Waals surface area contributed by atoms with Crippen LogP contribution < -0.4 is 10.6 Å². The number of aliphatic imine (C=N–C) groups is 1. The summed E-state index contributed by atoms with van der Waals surface area (Å²) in [6.07, 6.45) is 6.04. The Morgan fingerprint density at radius 2 is 2.04 bits per heavy atom. The van der Waals surface area contributed by atoms with Crippen molar-refractivity contribution in [1.82, 2.24) is 15.5 Å². The fourth-order valence-electron chi connectivity index (χ4n) is 3.14. The molecule has 1 amide bonds. The van der Waals surface area contributed by atoms with E-state index in [-0.39, 0.29) is 0 Å². The Bertz CT molecular complexity index is 414. The molecule has 0 aromatic carbocycles. The van der Waals surface area contributed by atoms with Gasteiger partial charge in [0.25, 0.3) is 0 Å². The molecule has 2 N–H and O–H groups in total. The third kappa shape index (κ3) is 7.54. The van der Waals surface area contributed by atoms with Gasteiger partial charge in [-0.1, -0.05) is 27.7 Å².